The molecule has 3 aromatic rings. The van der Waals surface area contributed by atoms with Crippen molar-refractivity contribution in [3.63, 3.8) is 0 Å². The molecular formula is C18H13F2NO4. The van der Waals surface area contributed by atoms with Crippen LogP contribution in [-0.4, -0.2) is 12.0 Å². The number of anilines is 1. The number of carbonyl (C=O) groups is 1. The first-order valence-corrected chi connectivity index (χ1v) is 7.39. The van der Waals surface area contributed by atoms with Gasteiger partial charge < -0.3 is 14.5 Å². The molecule has 0 saturated carbocycles. The summed E-state index contributed by atoms with van der Waals surface area (Å²) in [6, 6.07) is 10.5. The van der Waals surface area contributed by atoms with E-state index in [1.165, 1.54) is 19.1 Å². The van der Waals surface area contributed by atoms with E-state index in [1.807, 2.05) is 0 Å². The first-order chi connectivity index (χ1) is 11.9. The maximum Gasteiger partial charge on any atom is 0.336 e. The molecule has 1 heterocycles. The van der Waals surface area contributed by atoms with Crippen molar-refractivity contribution in [1.29, 1.82) is 0 Å². The predicted octanol–water partition coefficient (Wildman–Crippen LogP) is 3.48. The third kappa shape index (κ3) is 3.82. The van der Waals surface area contributed by atoms with Crippen LogP contribution in [-0.2, 0) is 4.79 Å². The smallest absolute Gasteiger partial charge is 0.336 e. The number of amides is 1. The lowest BCUT2D eigenvalue weighted by molar-refractivity contribution is -0.122. The van der Waals surface area contributed by atoms with Crippen LogP contribution in [0.5, 0.6) is 5.75 Å². The number of ether oxygens (including phenoxy) is 1. The maximum absolute atomic E-state index is 13.6. The molecule has 2 aromatic carbocycles. The Morgan fingerprint density at radius 1 is 1.12 bits per heavy atom. The van der Waals surface area contributed by atoms with Gasteiger partial charge in [0.25, 0.3) is 5.91 Å². The van der Waals surface area contributed by atoms with Crippen LogP contribution in [0.15, 0.2) is 57.7 Å². The summed E-state index contributed by atoms with van der Waals surface area (Å²) in [4.78, 5) is 23.4. The average molecular weight is 345 g/mol. The summed E-state index contributed by atoms with van der Waals surface area (Å²) < 4.78 is 37.0. The molecule has 1 unspecified atom stereocenters. The second kappa shape index (κ2) is 6.72. The minimum atomic E-state index is -0.961. The summed E-state index contributed by atoms with van der Waals surface area (Å²) >= 11 is 0. The number of benzene rings is 2. The molecule has 128 valence electrons. The Labute approximate surface area is 140 Å². The molecule has 0 bridgehead atoms. The SMILES string of the molecule is CC(Oc1ccc2ccc(=O)oc2c1)C(=O)Nc1ccc(F)cc1F. The second-order valence-corrected chi connectivity index (χ2v) is 5.33. The van der Waals surface area contributed by atoms with E-state index in [2.05, 4.69) is 5.32 Å². The summed E-state index contributed by atoms with van der Waals surface area (Å²) in [5.41, 5.74) is -0.323. The molecule has 0 spiro atoms. The Bertz CT molecular complexity index is 1000. The van der Waals surface area contributed by atoms with Gasteiger partial charge in [0.15, 0.2) is 6.10 Å². The number of fused-ring (bicyclic) bond motifs is 1. The molecule has 7 heteroatoms. The van der Waals surface area contributed by atoms with Gasteiger partial charge in [0.1, 0.15) is 23.0 Å². The predicted molar refractivity (Wildman–Crippen MR) is 87.6 cm³/mol. The lowest BCUT2D eigenvalue weighted by Crippen LogP contribution is -2.30. The fourth-order valence-electron chi connectivity index (χ4n) is 2.20. The molecule has 1 amide bonds. The largest absolute Gasteiger partial charge is 0.481 e. The Morgan fingerprint density at radius 2 is 1.88 bits per heavy atom. The minimum Gasteiger partial charge on any atom is -0.481 e. The van der Waals surface area contributed by atoms with Crippen LogP contribution in [0.2, 0.25) is 0 Å². The van der Waals surface area contributed by atoms with Crippen molar-refractivity contribution in [3.05, 3.63) is 70.6 Å². The molecule has 25 heavy (non-hydrogen) atoms. The highest BCUT2D eigenvalue weighted by Gasteiger charge is 2.17. The van der Waals surface area contributed by atoms with E-state index in [9.17, 15) is 18.4 Å². The van der Waals surface area contributed by atoms with Gasteiger partial charge in [-0.2, -0.15) is 0 Å². The molecule has 0 aliphatic rings. The fourth-order valence-corrected chi connectivity index (χ4v) is 2.20. The molecule has 0 aliphatic carbocycles. The Morgan fingerprint density at radius 3 is 2.64 bits per heavy atom. The Balaban J connectivity index is 1.73. The van der Waals surface area contributed by atoms with Gasteiger partial charge in [-0.25, -0.2) is 13.6 Å². The van der Waals surface area contributed by atoms with Crippen molar-refractivity contribution in [1.82, 2.24) is 0 Å². The zero-order chi connectivity index (χ0) is 18.0. The minimum absolute atomic E-state index is 0.147. The number of carbonyl (C=O) groups excluding carboxylic acids is 1. The summed E-state index contributed by atoms with van der Waals surface area (Å²) in [5.74, 6) is -1.92. The number of nitrogens with one attached hydrogen (secondary N) is 1. The van der Waals surface area contributed by atoms with E-state index in [0.29, 0.717) is 22.8 Å². The first-order valence-electron chi connectivity index (χ1n) is 7.39. The van der Waals surface area contributed by atoms with Crippen molar-refractivity contribution in [2.24, 2.45) is 0 Å². The van der Waals surface area contributed by atoms with Gasteiger partial charge in [0.05, 0.1) is 5.69 Å². The van der Waals surface area contributed by atoms with Crippen molar-refractivity contribution in [2.45, 2.75) is 13.0 Å². The van der Waals surface area contributed by atoms with E-state index in [1.54, 1.807) is 18.2 Å². The standard InChI is InChI=1S/C18H13F2NO4/c1-10(18(23)21-15-6-4-12(19)8-14(15)20)24-13-5-2-11-3-7-17(22)25-16(11)9-13/h2-10H,1H3,(H,21,23). The van der Waals surface area contributed by atoms with Crippen LogP contribution in [0.4, 0.5) is 14.5 Å². The topological polar surface area (TPSA) is 68.5 Å². The quantitative estimate of drug-likeness (QED) is 0.735. The van der Waals surface area contributed by atoms with Crippen LogP contribution < -0.4 is 15.7 Å². The van der Waals surface area contributed by atoms with Gasteiger partial charge in [-0.15, -0.1) is 0 Å². The number of halogens is 2. The second-order valence-electron chi connectivity index (χ2n) is 5.33. The van der Waals surface area contributed by atoms with Gasteiger partial charge in [-0.3, -0.25) is 4.79 Å². The van der Waals surface area contributed by atoms with Gasteiger partial charge in [-0.05, 0) is 37.3 Å². The highest BCUT2D eigenvalue weighted by atomic mass is 19.1. The molecule has 1 N–H and O–H groups in total. The van der Waals surface area contributed by atoms with Crippen LogP contribution in [0.25, 0.3) is 11.0 Å². The molecule has 0 radical (unpaired) electrons. The molecule has 0 fully saturated rings. The molecular weight excluding hydrogens is 332 g/mol. The number of hydrogen-bond acceptors (Lipinski definition) is 4. The third-order valence-electron chi connectivity index (χ3n) is 3.47. The van der Waals surface area contributed by atoms with Gasteiger partial charge in [-0.1, -0.05) is 0 Å². The third-order valence-corrected chi connectivity index (χ3v) is 3.47. The van der Waals surface area contributed by atoms with Crippen molar-refractivity contribution < 1.29 is 22.7 Å². The van der Waals surface area contributed by atoms with Gasteiger partial charge in [0, 0.05) is 23.6 Å². The Kier molecular flexibility index (Phi) is 4.47. The van der Waals surface area contributed by atoms with Crippen LogP contribution in [0.1, 0.15) is 6.92 Å². The fraction of sp³-hybridized carbons (Fsp3) is 0.111. The normalized spacial score (nSPS) is 12.0. The molecule has 1 aromatic heterocycles. The zero-order valence-corrected chi connectivity index (χ0v) is 13.1. The van der Waals surface area contributed by atoms with E-state index >= 15 is 0 Å². The summed E-state index contributed by atoms with van der Waals surface area (Å²) in [5, 5.41) is 3.03. The summed E-state index contributed by atoms with van der Waals surface area (Å²) in [7, 11) is 0. The van der Waals surface area contributed by atoms with Crippen LogP contribution in [0.3, 0.4) is 0 Å². The first kappa shape index (κ1) is 16.6. The maximum atomic E-state index is 13.6. The van der Waals surface area contributed by atoms with Gasteiger partial charge >= 0.3 is 5.63 Å². The summed E-state index contributed by atoms with van der Waals surface area (Å²) in [6.07, 6.45) is -0.961. The molecule has 0 saturated heterocycles. The monoisotopic (exact) mass is 345 g/mol. The van der Waals surface area contributed by atoms with Crippen LogP contribution >= 0.6 is 0 Å². The molecule has 5 nitrogen and oxygen atoms in total. The van der Waals surface area contributed by atoms with E-state index in [4.69, 9.17) is 9.15 Å². The lowest BCUT2D eigenvalue weighted by atomic mass is 10.2. The van der Waals surface area contributed by atoms with E-state index < -0.39 is 29.3 Å². The van der Waals surface area contributed by atoms with Crippen molar-refractivity contribution >= 4 is 22.6 Å². The molecule has 1 atom stereocenters. The highest BCUT2D eigenvalue weighted by molar-refractivity contribution is 5.94. The van der Waals surface area contributed by atoms with Gasteiger partial charge in [0.2, 0.25) is 0 Å². The lowest BCUT2D eigenvalue weighted by Gasteiger charge is -2.15. The van der Waals surface area contributed by atoms with E-state index in [0.717, 1.165) is 12.1 Å². The van der Waals surface area contributed by atoms with Crippen LogP contribution in [0, 0.1) is 11.6 Å². The highest BCUT2D eigenvalue weighted by Crippen LogP contribution is 2.21. The van der Waals surface area contributed by atoms with Crippen molar-refractivity contribution in [3.8, 4) is 5.75 Å². The average Bonchev–Trinajstić information content (AvgIpc) is 2.57. The van der Waals surface area contributed by atoms with E-state index in [-0.39, 0.29) is 5.69 Å². The molecule has 3 rings (SSSR count). The molecule has 0 aliphatic heterocycles. The van der Waals surface area contributed by atoms with Crippen molar-refractivity contribution in [2.75, 3.05) is 5.32 Å². The Hall–Kier alpha value is -3.22. The zero-order valence-electron chi connectivity index (χ0n) is 13.1. The number of rotatable bonds is 4. The summed E-state index contributed by atoms with van der Waals surface area (Å²) in [6.45, 7) is 1.47. The number of hydrogen-bond donors (Lipinski definition) is 1.